The van der Waals surface area contributed by atoms with Crippen LogP contribution in [-0.2, 0) is 4.74 Å². The summed E-state index contributed by atoms with van der Waals surface area (Å²) in [6, 6.07) is 0. The average Bonchev–Trinajstić information content (AvgIpc) is 1.94. The van der Waals surface area contributed by atoms with Crippen LogP contribution in [0.1, 0.15) is 19.3 Å². The van der Waals surface area contributed by atoms with E-state index in [4.69, 9.17) is 4.74 Å². The van der Waals surface area contributed by atoms with Crippen molar-refractivity contribution in [2.24, 2.45) is 0 Å². The van der Waals surface area contributed by atoms with Gasteiger partial charge in [-0.1, -0.05) is 22.6 Å². The lowest BCUT2D eigenvalue weighted by Gasteiger charge is -2.27. The molecule has 0 aliphatic carbocycles. The average molecular weight is 256 g/mol. The Bertz CT molecular complexity index is 95.6. The number of alkyl halides is 1. The molecule has 0 spiro atoms. The topological polar surface area (TPSA) is 29.5 Å². The third kappa shape index (κ3) is 2.36. The van der Waals surface area contributed by atoms with Gasteiger partial charge in [-0.2, -0.15) is 0 Å². The highest BCUT2D eigenvalue weighted by Crippen LogP contribution is 2.16. The summed E-state index contributed by atoms with van der Waals surface area (Å²) in [6.45, 7) is 0.832. The fraction of sp³-hybridized carbons (Fsp3) is 1.00. The molecule has 0 aromatic carbocycles. The second-order valence-corrected chi connectivity index (χ2v) is 3.68. The highest BCUT2D eigenvalue weighted by molar-refractivity contribution is 14.1. The summed E-state index contributed by atoms with van der Waals surface area (Å²) < 4.78 is 6.44. The van der Waals surface area contributed by atoms with Crippen molar-refractivity contribution in [3.63, 3.8) is 0 Å². The van der Waals surface area contributed by atoms with Crippen LogP contribution in [0, 0.1) is 0 Å². The minimum Gasteiger partial charge on any atom is -0.390 e. The van der Waals surface area contributed by atoms with Gasteiger partial charge in [0.05, 0.1) is 12.2 Å². The lowest BCUT2D eigenvalue weighted by molar-refractivity contribution is -0.0736. The second kappa shape index (κ2) is 4.51. The maximum atomic E-state index is 9.37. The molecule has 0 unspecified atom stereocenters. The molecule has 1 aliphatic heterocycles. The zero-order valence-electron chi connectivity index (χ0n) is 5.92. The van der Waals surface area contributed by atoms with Crippen molar-refractivity contribution in [2.45, 2.75) is 31.5 Å². The smallest absolute Gasteiger partial charge is 0.0841 e. The van der Waals surface area contributed by atoms with E-state index in [1.54, 1.807) is 0 Å². The Morgan fingerprint density at radius 2 is 2.40 bits per heavy atom. The summed E-state index contributed by atoms with van der Waals surface area (Å²) in [6.07, 6.45) is 2.83. The molecule has 0 aromatic rings. The molecule has 1 rings (SSSR count). The summed E-state index contributed by atoms with van der Waals surface area (Å²) in [5.74, 6) is 0. The van der Waals surface area contributed by atoms with Gasteiger partial charge in [0.1, 0.15) is 0 Å². The third-order valence-electron chi connectivity index (χ3n) is 1.80. The maximum absolute atomic E-state index is 9.37. The second-order valence-electron chi connectivity index (χ2n) is 2.60. The quantitative estimate of drug-likeness (QED) is 0.597. The Hall–Kier alpha value is 0.650. The normalized spacial score (nSPS) is 34.2. The van der Waals surface area contributed by atoms with E-state index in [0.29, 0.717) is 0 Å². The fourth-order valence-corrected chi connectivity index (χ4v) is 1.82. The van der Waals surface area contributed by atoms with E-state index < -0.39 is 0 Å². The molecule has 0 amide bonds. The van der Waals surface area contributed by atoms with Crippen LogP contribution < -0.4 is 0 Å². The lowest BCUT2D eigenvalue weighted by atomic mass is 10.0. The number of rotatable bonds is 2. The van der Waals surface area contributed by atoms with Gasteiger partial charge in [0.25, 0.3) is 0 Å². The van der Waals surface area contributed by atoms with Crippen molar-refractivity contribution < 1.29 is 9.84 Å². The first-order valence-corrected chi connectivity index (χ1v) is 5.23. The number of hydrogen-bond donors (Lipinski definition) is 1. The van der Waals surface area contributed by atoms with Gasteiger partial charge in [0, 0.05) is 11.0 Å². The maximum Gasteiger partial charge on any atom is 0.0841 e. The van der Waals surface area contributed by atoms with Crippen LogP contribution in [0.5, 0.6) is 0 Å². The fourth-order valence-electron chi connectivity index (χ4n) is 1.21. The summed E-state index contributed by atoms with van der Waals surface area (Å²) in [4.78, 5) is 0. The van der Waals surface area contributed by atoms with Crippen molar-refractivity contribution >= 4 is 22.6 Å². The highest BCUT2D eigenvalue weighted by atomic mass is 127. The van der Waals surface area contributed by atoms with Crippen LogP contribution in [0.2, 0.25) is 0 Å². The van der Waals surface area contributed by atoms with Crippen LogP contribution in [0.3, 0.4) is 0 Å². The van der Waals surface area contributed by atoms with E-state index in [2.05, 4.69) is 22.6 Å². The van der Waals surface area contributed by atoms with Gasteiger partial charge >= 0.3 is 0 Å². The van der Waals surface area contributed by atoms with E-state index >= 15 is 0 Å². The van der Waals surface area contributed by atoms with E-state index in [1.807, 2.05) is 0 Å². The summed E-state index contributed by atoms with van der Waals surface area (Å²) in [5, 5.41) is 9.37. The molecule has 3 heteroatoms. The lowest BCUT2D eigenvalue weighted by Crippen LogP contribution is -2.34. The van der Waals surface area contributed by atoms with Gasteiger partial charge in [-0.15, -0.1) is 0 Å². The van der Waals surface area contributed by atoms with Crippen LogP contribution in [0.4, 0.5) is 0 Å². The Morgan fingerprint density at radius 3 is 3.00 bits per heavy atom. The molecule has 2 nitrogen and oxygen atoms in total. The van der Waals surface area contributed by atoms with Crippen molar-refractivity contribution in [3.8, 4) is 0 Å². The molecule has 0 aromatic heterocycles. The molecule has 0 radical (unpaired) electrons. The highest BCUT2D eigenvalue weighted by Gasteiger charge is 2.22. The Kier molecular flexibility index (Phi) is 3.95. The molecule has 60 valence electrons. The number of aliphatic hydroxyl groups is 1. The van der Waals surface area contributed by atoms with Gasteiger partial charge in [-0.3, -0.25) is 0 Å². The molecule has 1 heterocycles. The predicted molar refractivity (Wildman–Crippen MR) is 48.5 cm³/mol. The Labute approximate surface area is 75.1 Å². The summed E-state index contributed by atoms with van der Waals surface area (Å²) in [5.41, 5.74) is 0. The molecule has 1 aliphatic rings. The summed E-state index contributed by atoms with van der Waals surface area (Å²) >= 11 is 2.31. The van der Waals surface area contributed by atoms with E-state index in [0.717, 1.165) is 30.3 Å². The first-order chi connectivity index (χ1) is 4.84. The molecule has 2 atom stereocenters. The standard InChI is InChI=1S/C7H13IO2/c8-4-3-7-6(9)2-1-5-10-7/h6-7,9H,1-5H2/t6-,7+/m0/s1. The first kappa shape index (κ1) is 8.74. The van der Waals surface area contributed by atoms with E-state index in [-0.39, 0.29) is 12.2 Å². The third-order valence-corrected chi connectivity index (χ3v) is 2.42. The van der Waals surface area contributed by atoms with Crippen LogP contribution in [0.25, 0.3) is 0 Å². The van der Waals surface area contributed by atoms with Crippen molar-refractivity contribution in [1.82, 2.24) is 0 Å². The number of hydrogen-bond acceptors (Lipinski definition) is 2. The largest absolute Gasteiger partial charge is 0.390 e. The zero-order valence-corrected chi connectivity index (χ0v) is 8.08. The molecular formula is C7H13IO2. The molecular weight excluding hydrogens is 243 g/mol. The van der Waals surface area contributed by atoms with Gasteiger partial charge in [0.2, 0.25) is 0 Å². The van der Waals surface area contributed by atoms with Crippen LogP contribution in [-0.4, -0.2) is 28.3 Å². The molecule has 10 heavy (non-hydrogen) atoms. The first-order valence-electron chi connectivity index (χ1n) is 3.70. The molecule has 0 bridgehead atoms. The van der Waals surface area contributed by atoms with Crippen molar-refractivity contribution in [3.05, 3.63) is 0 Å². The van der Waals surface area contributed by atoms with Crippen LogP contribution in [0.15, 0.2) is 0 Å². The molecule has 1 fully saturated rings. The SMILES string of the molecule is O[C@H]1CCCO[C@@H]1CCI. The van der Waals surface area contributed by atoms with E-state index in [9.17, 15) is 5.11 Å². The van der Waals surface area contributed by atoms with Gasteiger partial charge < -0.3 is 9.84 Å². The molecule has 0 saturated carbocycles. The predicted octanol–water partition coefficient (Wildman–Crippen LogP) is 1.35. The minimum atomic E-state index is -0.205. The van der Waals surface area contributed by atoms with Crippen molar-refractivity contribution in [2.75, 3.05) is 11.0 Å². The molecule has 1 N–H and O–H groups in total. The van der Waals surface area contributed by atoms with Gasteiger partial charge in [0.15, 0.2) is 0 Å². The monoisotopic (exact) mass is 256 g/mol. The minimum absolute atomic E-state index is 0.116. The van der Waals surface area contributed by atoms with Gasteiger partial charge in [-0.25, -0.2) is 0 Å². The molecule has 1 saturated heterocycles. The van der Waals surface area contributed by atoms with Crippen molar-refractivity contribution in [1.29, 1.82) is 0 Å². The summed E-state index contributed by atoms with van der Waals surface area (Å²) in [7, 11) is 0. The van der Waals surface area contributed by atoms with E-state index in [1.165, 1.54) is 0 Å². The number of aliphatic hydroxyl groups excluding tert-OH is 1. The van der Waals surface area contributed by atoms with Gasteiger partial charge in [-0.05, 0) is 19.3 Å². The Morgan fingerprint density at radius 1 is 1.60 bits per heavy atom. The van der Waals surface area contributed by atoms with Crippen LogP contribution >= 0.6 is 22.6 Å². The zero-order chi connectivity index (χ0) is 7.40. The number of ether oxygens (including phenoxy) is 1. The Balaban J connectivity index is 2.25. The number of halogens is 1.